The van der Waals surface area contributed by atoms with Crippen LogP contribution in [0, 0.1) is 0 Å². The molecule has 1 heterocycles. The van der Waals surface area contributed by atoms with Gasteiger partial charge in [0.1, 0.15) is 5.75 Å². The standard InChI is InChI=1S/C21H18N2O3S/c1-13(26-17-9-7-14-5-3-4-6-15(14)11-17)20(24)22-16-8-10-18-19(12-16)27-21(25)23(18)2/h3-13H,1-2H3,(H,22,24)/t13-/m1/s1. The molecule has 5 nitrogen and oxygen atoms in total. The first-order valence-electron chi connectivity index (χ1n) is 8.57. The number of amides is 1. The van der Waals surface area contributed by atoms with Crippen molar-refractivity contribution in [2.45, 2.75) is 13.0 Å². The number of anilines is 1. The molecule has 1 atom stereocenters. The molecule has 4 rings (SSSR count). The van der Waals surface area contributed by atoms with E-state index in [2.05, 4.69) is 5.32 Å². The minimum absolute atomic E-state index is 0.0264. The van der Waals surface area contributed by atoms with Crippen LogP contribution in [0.15, 0.2) is 65.5 Å². The summed E-state index contributed by atoms with van der Waals surface area (Å²) in [7, 11) is 1.74. The molecule has 0 saturated heterocycles. The minimum Gasteiger partial charge on any atom is -0.481 e. The van der Waals surface area contributed by atoms with E-state index in [9.17, 15) is 9.59 Å². The van der Waals surface area contributed by atoms with E-state index >= 15 is 0 Å². The second-order valence-corrected chi connectivity index (χ2v) is 7.36. The van der Waals surface area contributed by atoms with Gasteiger partial charge in [0, 0.05) is 12.7 Å². The van der Waals surface area contributed by atoms with Crippen LogP contribution in [0.3, 0.4) is 0 Å². The van der Waals surface area contributed by atoms with Gasteiger partial charge in [-0.3, -0.25) is 9.59 Å². The number of hydrogen-bond acceptors (Lipinski definition) is 4. The highest BCUT2D eigenvalue weighted by molar-refractivity contribution is 7.16. The first-order valence-corrected chi connectivity index (χ1v) is 9.39. The Kier molecular flexibility index (Phi) is 4.41. The fourth-order valence-electron chi connectivity index (χ4n) is 2.95. The molecule has 0 aliphatic heterocycles. The van der Waals surface area contributed by atoms with E-state index in [1.54, 1.807) is 24.6 Å². The molecule has 136 valence electrons. The number of aryl methyl sites for hydroxylation is 1. The zero-order valence-corrected chi connectivity index (χ0v) is 15.7. The quantitative estimate of drug-likeness (QED) is 0.580. The smallest absolute Gasteiger partial charge is 0.307 e. The Hall–Kier alpha value is -3.12. The van der Waals surface area contributed by atoms with Crippen molar-refractivity contribution < 1.29 is 9.53 Å². The third-order valence-corrected chi connectivity index (χ3v) is 5.46. The van der Waals surface area contributed by atoms with Gasteiger partial charge in [0.05, 0.1) is 10.2 Å². The van der Waals surface area contributed by atoms with Crippen LogP contribution in [0.1, 0.15) is 6.92 Å². The molecule has 0 radical (unpaired) electrons. The number of carbonyl (C=O) groups is 1. The second kappa shape index (κ2) is 6.89. The minimum atomic E-state index is -0.656. The Morgan fingerprint density at radius 1 is 1.07 bits per heavy atom. The molecule has 3 aromatic carbocycles. The Labute approximate surface area is 159 Å². The van der Waals surface area contributed by atoms with Gasteiger partial charge in [0.15, 0.2) is 6.10 Å². The summed E-state index contributed by atoms with van der Waals surface area (Å²) in [5.41, 5.74) is 1.49. The second-order valence-electron chi connectivity index (χ2n) is 6.37. The van der Waals surface area contributed by atoms with Crippen LogP contribution in [-0.4, -0.2) is 16.6 Å². The Bertz CT molecular complexity index is 1210. The normalized spacial score (nSPS) is 12.2. The molecule has 0 bridgehead atoms. The number of nitrogens with one attached hydrogen (secondary N) is 1. The van der Waals surface area contributed by atoms with Crippen LogP contribution in [0.2, 0.25) is 0 Å². The van der Waals surface area contributed by atoms with Crippen LogP contribution in [0.4, 0.5) is 5.69 Å². The lowest BCUT2D eigenvalue weighted by atomic mass is 10.1. The third kappa shape index (κ3) is 3.44. The lowest BCUT2D eigenvalue weighted by molar-refractivity contribution is -0.122. The molecular weight excluding hydrogens is 360 g/mol. The van der Waals surface area contributed by atoms with E-state index < -0.39 is 6.10 Å². The predicted molar refractivity (Wildman–Crippen MR) is 110 cm³/mol. The highest BCUT2D eigenvalue weighted by atomic mass is 32.1. The Morgan fingerprint density at radius 2 is 1.85 bits per heavy atom. The number of nitrogens with zero attached hydrogens (tertiary/aromatic N) is 1. The van der Waals surface area contributed by atoms with Crippen LogP contribution in [-0.2, 0) is 11.8 Å². The van der Waals surface area contributed by atoms with E-state index in [1.807, 2.05) is 54.6 Å². The molecule has 0 aliphatic carbocycles. The van der Waals surface area contributed by atoms with E-state index in [0.29, 0.717) is 11.4 Å². The van der Waals surface area contributed by atoms with Gasteiger partial charge in [-0.1, -0.05) is 41.7 Å². The number of rotatable bonds is 4. The van der Waals surface area contributed by atoms with Crippen molar-refractivity contribution in [3.63, 3.8) is 0 Å². The molecule has 27 heavy (non-hydrogen) atoms. The molecule has 1 N–H and O–H groups in total. The Balaban J connectivity index is 1.49. The van der Waals surface area contributed by atoms with Gasteiger partial charge < -0.3 is 14.6 Å². The van der Waals surface area contributed by atoms with Crippen molar-refractivity contribution in [1.29, 1.82) is 0 Å². The molecule has 4 aromatic rings. The molecule has 1 aromatic heterocycles. The summed E-state index contributed by atoms with van der Waals surface area (Å²) in [5, 5.41) is 5.04. The van der Waals surface area contributed by atoms with Crippen molar-refractivity contribution in [2.24, 2.45) is 7.05 Å². The van der Waals surface area contributed by atoms with Crippen molar-refractivity contribution in [1.82, 2.24) is 4.57 Å². The van der Waals surface area contributed by atoms with Crippen LogP contribution in [0.25, 0.3) is 21.0 Å². The van der Waals surface area contributed by atoms with Gasteiger partial charge in [0.25, 0.3) is 5.91 Å². The topological polar surface area (TPSA) is 60.3 Å². The first-order chi connectivity index (χ1) is 13.0. The first kappa shape index (κ1) is 17.3. The zero-order chi connectivity index (χ0) is 19.0. The number of benzene rings is 3. The summed E-state index contributed by atoms with van der Waals surface area (Å²) in [6.45, 7) is 1.71. The number of thiazole rings is 1. The van der Waals surface area contributed by atoms with Crippen LogP contribution >= 0.6 is 11.3 Å². The van der Waals surface area contributed by atoms with Gasteiger partial charge >= 0.3 is 4.87 Å². The van der Waals surface area contributed by atoms with E-state index in [-0.39, 0.29) is 10.8 Å². The molecule has 0 fully saturated rings. The number of aromatic nitrogens is 1. The molecule has 0 saturated carbocycles. The van der Waals surface area contributed by atoms with Gasteiger partial charge in [-0.15, -0.1) is 0 Å². The van der Waals surface area contributed by atoms with Crippen LogP contribution < -0.4 is 14.9 Å². The average Bonchev–Trinajstić information content (AvgIpc) is 2.95. The van der Waals surface area contributed by atoms with Gasteiger partial charge in [-0.2, -0.15) is 0 Å². The summed E-state index contributed by atoms with van der Waals surface area (Å²) >= 11 is 1.16. The average molecular weight is 378 g/mol. The van der Waals surface area contributed by atoms with Gasteiger partial charge in [0.2, 0.25) is 0 Å². The van der Waals surface area contributed by atoms with Crippen molar-refractivity contribution >= 4 is 43.9 Å². The Morgan fingerprint density at radius 3 is 2.67 bits per heavy atom. The fraction of sp³-hybridized carbons (Fsp3) is 0.143. The largest absolute Gasteiger partial charge is 0.481 e. The highest BCUT2D eigenvalue weighted by Gasteiger charge is 2.16. The fourth-order valence-corrected chi connectivity index (χ4v) is 3.87. The molecule has 6 heteroatoms. The van der Waals surface area contributed by atoms with Gasteiger partial charge in [-0.25, -0.2) is 0 Å². The van der Waals surface area contributed by atoms with Crippen molar-refractivity contribution in [3.05, 3.63) is 70.3 Å². The number of ether oxygens (including phenoxy) is 1. The SMILES string of the molecule is C[C@@H](Oc1ccc2ccccc2c1)C(=O)Nc1ccc2c(c1)sc(=O)n2C. The van der Waals surface area contributed by atoms with Crippen molar-refractivity contribution in [3.8, 4) is 5.75 Å². The summed E-state index contributed by atoms with van der Waals surface area (Å²) in [6.07, 6.45) is -0.656. The molecule has 0 aliphatic rings. The van der Waals surface area contributed by atoms with Gasteiger partial charge in [-0.05, 0) is 48.0 Å². The molecule has 0 unspecified atom stereocenters. The predicted octanol–water partition coefficient (Wildman–Crippen LogP) is 4.16. The summed E-state index contributed by atoms with van der Waals surface area (Å²) < 4.78 is 8.23. The molecular formula is C21H18N2O3S. The third-order valence-electron chi connectivity index (χ3n) is 4.46. The lowest BCUT2D eigenvalue weighted by Gasteiger charge is -2.15. The monoisotopic (exact) mass is 378 g/mol. The molecule has 1 amide bonds. The summed E-state index contributed by atoms with van der Waals surface area (Å²) in [4.78, 5) is 24.2. The number of hydrogen-bond donors (Lipinski definition) is 1. The maximum Gasteiger partial charge on any atom is 0.307 e. The van der Waals surface area contributed by atoms with Crippen LogP contribution in [0.5, 0.6) is 5.75 Å². The van der Waals surface area contributed by atoms with E-state index in [1.165, 1.54) is 0 Å². The van der Waals surface area contributed by atoms with E-state index in [4.69, 9.17) is 4.74 Å². The molecule has 0 spiro atoms. The number of carbonyl (C=O) groups excluding carboxylic acids is 1. The summed E-state index contributed by atoms with van der Waals surface area (Å²) in [5.74, 6) is 0.402. The zero-order valence-electron chi connectivity index (χ0n) is 14.9. The lowest BCUT2D eigenvalue weighted by Crippen LogP contribution is -2.30. The highest BCUT2D eigenvalue weighted by Crippen LogP contribution is 2.23. The summed E-state index contributed by atoms with van der Waals surface area (Å²) in [6, 6.07) is 19.2. The maximum atomic E-state index is 12.5. The van der Waals surface area contributed by atoms with Crippen molar-refractivity contribution in [2.75, 3.05) is 5.32 Å². The maximum absolute atomic E-state index is 12.5. The van der Waals surface area contributed by atoms with E-state index in [0.717, 1.165) is 32.3 Å². The number of fused-ring (bicyclic) bond motifs is 2.